The second kappa shape index (κ2) is 4.39. The van der Waals surface area contributed by atoms with Crippen LogP contribution in [0.2, 0.25) is 5.02 Å². The second-order valence-electron chi connectivity index (χ2n) is 3.06. The number of furan rings is 1. The van der Waals surface area contributed by atoms with E-state index in [2.05, 4.69) is 15.9 Å². The van der Waals surface area contributed by atoms with Gasteiger partial charge in [-0.3, -0.25) is 4.79 Å². The Labute approximate surface area is 104 Å². The Balaban J connectivity index is 2.42. The van der Waals surface area contributed by atoms with Crippen LogP contribution in [-0.2, 0) is 0 Å². The number of halogens is 3. The summed E-state index contributed by atoms with van der Waals surface area (Å²) in [6.07, 6.45) is 1.38. The largest absolute Gasteiger partial charge is 0.460 e. The molecule has 0 saturated carbocycles. The quantitative estimate of drug-likeness (QED) is 0.783. The molecule has 0 spiro atoms. The fourth-order valence-electron chi connectivity index (χ4n) is 1.22. The summed E-state index contributed by atoms with van der Waals surface area (Å²) in [5, 5.41) is -0.0185. The summed E-state index contributed by atoms with van der Waals surface area (Å²) in [5.74, 6) is -0.885. The van der Waals surface area contributed by atoms with Gasteiger partial charge in [0.15, 0.2) is 5.76 Å². The molecule has 5 heteroatoms. The standard InChI is InChI=1S/C11H5BrClFO2/c12-7-3-4-16-11(7)10(15)6-1-2-8(13)9(14)5-6/h1-5H. The number of hydrogen-bond donors (Lipinski definition) is 0. The number of ketones is 1. The Hall–Kier alpha value is -1.13. The van der Waals surface area contributed by atoms with Gasteiger partial charge in [-0.25, -0.2) is 4.39 Å². The van der Waals surface area contributed by atoms with Crippen LogP contribution in [0.15, 0.2) is 39.4 Å². The molecule has 0 radical (unpaired) electrons. The number of carbonyl (C=O) groups excluding carboxylic acids is 1. The van der Waals surface area contributed by atoms with E-state index in [1.165, 1.54) is 18.4 Å². The smallest absolute Gasteiger partial charge is 0.229 e. The average Bonchev–Trinajstić information content (AvgIpc) is 2.67. The zero-order valence-corrected chi connectivity index (χ0v) is 10.2. The minimum atomic E-state index is -0.629. The second-order valence-corrected chi connectivity index (χ2v) is 4.32. The van der Waals surface area contributed by atoms with Gasteiger partial charge in [-0.05, 0) is 40.2 Å². The van der Waals surface area contributed by atoms with Gasteiger partial charge in [-0.2, -0.15) is 0 Å². The van der Waals surface area contributed by atoms with Crippen molar-refractivity contribution in [1.82, 2.24) is 0 Å². The third-order valence-corrected chi connectivity index (χ3v) is 2.94. The van der Waals surface area contributed by atoms with Gasteiger partial charge in [0.1, 0.15) is 5.82 Å². The number of hydrogen-bond acceptors (Lipinski definition) is 2. The van der Waals surface area contributed by atoms with Crippen molar-refractivity contribution in [2.75, 3.05) is 0 Å². The molecule has 82 valence electrons. The van der Waals surface area contributed by atoms with Gasteiger partial charge in [0.25, 0.3) is 0 Å². The minimum Gasteiger partial charge on any atom is -0.460 e. The van der Waals surface area contributed by atoms with Crippen molar-refractivity contribution in [2.45, 2.75) is 0 Å². The highest BCUT2D eigenvalue weighted by molar-refractivity contribution is 9.10. The number of rotatable bonds is 2. The highest BCUT2D eigenvalue weighted by Gasteiger charge is 2.17. The summed E-state index contributed by atoms with van der Waals surface area (Å²) in [7, 11) is 0. The molecule has 0 unspecified atom stereocenters. The lowest BCUT2D eigenvalue weighted by molar-refractivity contribution is 0.101. The van der Waals surface area contributed by atoms with E-state index in [0.29, 0.717) is 4.47 Å². The molecule has 0 aliphatic heterocycles. The van der Waals surface area contributed by atoms with Crippen molar-refractivity contribution in [1.29, 1.82) is 0 Å². The molecule has 2 rings (SSSR count). The number of benzene rings is 1. The summed E-state index contributed by atoms with van der Waals surface area (Å²) >= 11 is 8.69. The van der Waals surface area contributed by atoms with Gasteiger partial charge in [-0.15, -0.1) is 0 Å². The van der Waals surface area contributed by atoms with Gasteiger partial charge >= 0.3 is 0 Å². The molecule has 0 fully saturated rings. The predicted octanol–water partition coefficient (Wildman–Crippen LogP) is 4.07. The van der Waals surface area contributed by atoms with E-state index in [1.807, 2.05) is 0 Å². The normalized spacial score (nSPS) is 10.4. The molecule has 2 aromatic rings. The number of carbonyl (C=O) groups is 1. The molecule has 0 aliphatic rings. The molecular weight excluding hydrogens is 298 g/mol. The summed E-state index contributed by atoms with van der Waals surface area (Å²) in [4.78, 5) is 11.9. The van der Waals surface area contributed by atoms with Crippen LogP contribution in [0, 0.1) is 5.82 Å². The maximum atomic E-state index is 13.2. The molecule has 0 aliphatic carbocycles. The van der Waals surface area contributed by atoms with E-state index in [4.69, 9.17) is 16.0 Å². The van der Waals surface area contributed by atoms with Crippen LogP contribution in [0.25, 0.3) is 0 Å². The minimum absolute atomic E-state index is 0.0185. The van der Waals surface area contributed by atoms with Crippen LogP contribution < -0.4 is 0 Å². The van der Waals surface area contributed by atoms with Gasteiger partial charge in [-0.1, -0.05) is 11.6 Å². The lowest BCUT2D eigenvalue weighted by atomic mass is 10.1. The molecule has 1 aromatic heterocycles. The maximum Gasteiger partial charge on any atom is 0.229 e. The first-order chi connectivity index (χ1) is 7.59. The van der Waals surface area contributed by atoms with E-state index in [9.17, 15) is 9.18 Å². The molecule has 0 amide bonds. The Morgan fingerprint density at radius 2 is 2.12 bits per heavy atom. The molecule has 1 heterocycles. The van der Waals surface area contributed by atoms with Crippen LogP contribution in [0.4, 0.5) is 4.39 Å². The summed E-state index contributed by atoms with van der Waals surface area (Å²) in [5.41, 5.74) is 0.192. The van der Waals surface area contributed by atoms with Crippen LogP contribution in [0.3, 0.4) is 0 Å². The molecule has 0 saturated heterocycles. The van der Waals surface area contributed by atoms with Crippen molar-refractivity contribution in [3.05, 3.63) is 57.2 Å². The average molecular weight is 304 g/mol. The fraction of sp³-hybridized carbons (Fsp3) is 0. The topological polar surface area (TPSA) is 30.2 Å². The van der Waals surface area contributed by atoms with Crippen molar-refractivity contribution in [2.24, 2.45) is 0 Å². The van der Waals surface area contributed by atoms with Gasteiger partial charge < -0.3 is 4.42 Å². The molecule has 1 aromatic carbocycles. The third-order valence-electron chi connectivity index (χ3n) is 2.01. The van der Waals surface area contributed by atoms with Crippen LogP contribution in [0.5, 0.6) is 0 Å². The van der Waals surface area contributed by atoms with E-state index >= 15 is 0 Å². The van der Waals surface area contributed by atoms with Gasteiger partial charge in [0.2, 0.25) is 5.78 Å². The van der Waals surface area contributed by atoms with Crippen LogP contribution >= 0.6 is 27.5 Å². The van der Waals surface area contributed by atoms with Gasteiger partial charge in [0, 0.05) is 5.56 Å². The van der Waals surface area contributed by atoms with Crippen LogP contribution in [-0.4, -0.2) is 5.78 Å². The van der Waals surface area contributed by atoms with Crippen molar-refractivity contribution in [3.63, 3.8) is 0 Å². The summed E-state index contributed by atoms with van der Waals surface area (Å²) in [6, 6.07) is 5.46. The Morgan fingerprint density at radius 1 is 1.38 bits per heavy atom. The Kier molecular flexibility index (Phi) is 3.12. The Bertz CT molecular complexity index is 551. The molecule has 0 bridgehead atoms. The highest BCUT2D eigenvalue weighted by atomic mass is 79.9. The van der Waals surface area contributed by atoms with E-state index in [0.717, 1.165) is 6.07 Å². The molecule has 2 nitrogen and oxygen atoms in total. The molecular formula is C11H5BrClFO2. The van der Waals surface area contributed by atoms with Crippen LogP contribution in [0.1, 0.15) is 16.1 Å². The van der Waals surface area contributed by atoms with E-state index in [1.54, 1.807) is 6.07 Å². The first kappa shape index (κ1) is 11.4. The highest BCUT2D eigenvalue weighted by Crippen LogP contribution is 2.23. The maximum absolute atomic E-state index is 13.2. The lowest BCUT2D eigenvalue weighted by Gasteiger charge is -2.00. The van der Waals surface area contributed by atoms with Crippen molar-refractivity contribution >= 4 is 33.3 Å². The molecule has 0 N–H and O–H groups in total. The van der Waals surface area contributed by atoms with Crippen molar-refractivity contribution < 1.29 is 13.6 Å². The zero-order valence-electron chi connectivity index (χ0n) is 7.84. The van der Waals surface area contributed by atoms with E-state index in [-0.39, 0.29) is 16.3 Å². The zero-order chi connectivity index (χ0) is 11.7. The Morgan fingerprint density at radius 3 is 2.69 bits per heavy atom. The van der Waals surface area contributed by atoms with Crippen molar-refractivity contribution in [3.8, 4) is 0 Å². The first-order valence-corrected chi connectivity index (χ1v) is 5.49. The summed E-state index contributed by atoms with van der Waals surface area (Å²) < 4.78 is 18.7. The monoisotopic (exact) mass is 302 g/mol. The van der Waals surface area contributed by atoms with Gasteiger partial charge in [0.05, 0.1) is 15.8 Å². The lowest BCUT2D eigenvalue weighted by Crippen LogP contribution is -2.01. The first-order valence-electron chi connectivity index (χ1n) is 4.32. The van der Waals surface area contributed by atoms with E-state index < -0.39 is 11.6 Å². The molecule has 0 atom stereocenters. The summed E-state index contributed by atoms with van der Waals surface area (Å²) in [6.45, 7) is 0. The third kappa shape index (κ3) is 2.03. The fourth-order valence-corrected chi connectivity index (χ4v) is 1.72. The molecule has 16 heavy (non-hydrogen) atoms. The SMILES string of the molecule is O=C(c1ccc(Cl)c(F)c1)c1occc1Br. The predicted molar refractivity (Wildman–Crippen MR) is 61.3 cm³/mol.